The molecule has 8 heteroatoms. The molecule has 0 aliphatic rings. The van der Waals surface area contributed by atoms with Crippen molar-refractivity contribution in [1.29, 1.82) is 0 Å². The molecule has 0 unspecified atom stereocenters. The molecule has 2 amide bonds. The molecule has 0 saturated carbocycles. The molecular formula is C20H18N2O6. The minimum absolute atomic E-state index is 0.219. The maximum atomic E-state index is 12.3. The van der Waals surface area contributed by atoms with Crippen LogP contribution in [0.1, 0.15) is 27.6 Å². The Morgan fingerprint density at radius 2 is 1.75 bits per heavy atom. The van der Waals surface area contributed by atoms with Gasteiger partial charge in [-0.15, -0.1) is 0 Å². The second kappa shape index (κ2) is 8.26. The van der Waals surface area contributed by atoms with Crippen molar-refractivity contribution in [2.75, 3.05) is 13.7 Å². The van der Waals surface area contributed by atoms with Gasteiger partial charge in [0, 0.05) is 10.9 Å². The molecule has 0 aliphatic heterocycles. The highest BCUT2D eigenvalue weighted by Gasteiger charge is 2.16. The molecule has 28 heavy (non-hydrogen) atoms. The summed E-state index contributed by atoms with van der Waals surface area (Å²) in [7, 11) is 1.46. The normalized spacial score (nSPS) is 10.4. The molecule has 3 rings (SSSR count). The first-order valence-corrected chi connectivity index (χ1v) is 8.48. The average Bonchev–Trinajstić information content (AvgIpc) is 2.71. The number of hydrogen-bond acceptors (Lipinski definition) is 6. The van der Waals surface area contributed by atoms with E-state index in [2.05, 4.69) is 10.9 Å². The first-order chi connectivity index (χ1) is 13.5. The van der Waals surface area contributed by atoms with Crippen LogP contribution in [-0.4, -0.2) is 25.5 Å². The minimum atomic E-state index is -0.798. The lowest BCUT2D eigenvalue weighted by atomic mass is 10.2. The Labute approximate surface area is 160 Å². The molecule has 0 spiro atoms. The van der Waals surface area contributed by atoms with Gasteiger partial charge < -0.3 is 13.9 Å². The lowest BCUT2D eigenvalue weighted by Crippen LogP contribution is -2.43. The number of nitrogens with one attached hydrogen (secondary N) is 2. The third-order valence-corrected chi connectivity index (χ3v) is 3.90. The molecule has 0 bridgehead atoms. The molecule has 0 radical (unpaired) electrons. The van der Waals surface area contributed by atoms with Gasteiger partial charge in [-0.3, -0.25) is 20.4 Å². The van der Waals surface area contributed by atoms with Crippen molar-refractivity contribution in [3.8, 4) is 11.5 Å². The molecule has 1 heterocycles. The number of carbonyl (C=O) groups is 2. The topological polar surface area (TPSA) is 107 Å². The van der Waals surface area contributed by atoms with Gasteiger partial charge in [0.2, 0.25) is 0 Å². The number of hydrogen-bond donors (Lipinski definition) is 2. The number of para-hydroxylation sites is 1. The van der Waals surface area contributed by atoms with Gasteiger partial charge in [-0.2, -0.15) is 0 Å². The second-order valence-corrected chi connectivity index (χ2v) is 5.69. The van der Waals surface area contributed by atoms with Gasteiger partial charge in [0.25, 0.3) is 11.8 Å². The highest BCUT2D eigenvalue weighted by Crippen LogP contribution is 2.27. The van der Waals surface area contributed by atoms with E-state index in [1.165, 1.54) is 25.3 Å². The van der Waals surface area contributed by atoms with E-state index in [-0.39, 0.29) is 11.1 Å². The van der Waals surface area contributed by atoms with Crippen LogP contribution < -0.4 is 26.0 Å². The maximum Gasteiger partial charge on any atom is 0.349 e. The molecule has 0 atom stereocenters. The molecular weight excluding hydrogens is 364 g/mol. The summed E-state index contributed by atoms with van der Waals surface area (Å²) in [6, 6.07) is 12.8. The summed E-state index contributed by atoms with van der Waals surface area (Å²) in [6.45, 7) is 2.28. The van der Waals surface area contributed by atoms with E-state index in [0.717, 1.165) is 0 Å². The number of ether oxygens (including phenoxy) is 2. The Bertz CT molecular complexity index is 1090. The van der Waals surface area contributed by atoms with Crippen molar-refractivity contribution in [2.45, 2.75) is 6.92 Å². The standard InChI is InChI=1S/C20H18N2O6/c1-3-27-16-9-8-13(11-17(16)26-2)18(23)21-22-19(24)14-10-12-6-4-5-7-15(12)28-20(14)25/h4-11H,3H2,1-2H3,(H,21,23)(H,22,24). The number of rotatable bonds is 5. The Morgan fingerprint density at radius 1 is 1.00 bits per heavy atom. The van der Waals surface area contributed by atoms with Crippen molar-refractivity contribution in [3.05, 3.63) is 70.1 Å². The fourth-order valence-corrected chi connectivity index (χ4v) is 2.56. The van der Waals surface area contributed by atoms with Crippen LogP contribution in [0.25, 0.3) is 11.0 Å². The zero-order chi connectivity index (χ0) is 20.1. The van der Waals surface area contributed by atoms with E-state index in [9.17, 15) is 14.4 Å². The van der Waals surface area contributed by atoms with Gasteiger partial charge in [0.1, 0.15) is 11.1 Å². The molecule has 0 aliphatic carbocycles. The Morgan fingerprint density at radius 3 is 2.50 bits per heavy atom. The monoisotopic (exact) mass is 382 g/mol. The van der Waals surface area contributed by atoms with E-state index in [1.54, 1.807) is 30.3 Å². The van der Waals surface area contributed by atoms with E-state index in [4.69, 9.17) is 13.9 Å². The summed E-state index contributed by atoms with van der Waals surface area (Å²) in [6.07, 6.45) is 0. The summed E-state index contributed by atoms with van der Waals surface area (Å²) in [5.41, 5.74) is 4.06. The van der Waals surface area contributed by atoms with E-state index < -0.39 is 17.4 Å². The van der Waals surface area contributed by atoms with Crippen molar-refractivity contribution in [3.63, 3.8) is 0 Å². The van der Waals surface area contributed by atoms with Gasteiger partial charge in [0.05, 0.1) is 13.7 Å². The van der Waals surface area contributed by atoms with Crippen LogP contribution in [0.4, 0.5) is 0 Å². The van der Waals surface area contributed by atoms with Crippen LogP contribution in [0.5, 0.6) is 11.5 Å². The summed E-state index contributed by atoms with van der Waals surface area (Å²) >= 11 is 0. The van der Waals surface area contributed by atoms with Gasteiger partial charge in [0.15, 0.2) is 11.5 Å². The highest BCUT2D eigenvalue weighted by atomic mass is 16.5. The largest absolute Gasteiger partial charge is 0.493 e. The third kappa shape index (κ3) is 3.96. The number of hydrazine groups is 1. The van der Waals surface area contributed by atoms with Crippen LogP contribution in [0.15, 0.2) is 57.7 Å². The third-order valence-electron chi connectivity index (χ3n) is 3.90. The molecule has 0 saturated heterocycles. The second-order valence-electron chi connectivity index (χ2n) is 5.69. The number of benzene rings is 2. The Kier molecular flexibility index (Phi) is 5.59. The summed E-state index contributed by atoms with van der Waals surface area (Å²) in [5, 5.41) is 0.592. The predicted octanol–water partition coefficient (Wildman–Crippen LogP) is 2.28. The molecule has 0 fully saturated rings. The summed E-state index contributed by atoms with van der Waals surface area (Å²) in [5.74, 6) is -0.485. The SMILES string of the molecule is CCOc1ccc(C(=O)NNC(=O)c2cc3ccccc3oc2=O)cc1OC. The molecule has 2 aromatic carbocycles. The molecule has 3 aromatic rings. The fourth-order valence-electron chi connectivity index (χ4n) is 2.56. The van der Waals surface area contributed by atoms with Crippen molar-refractivity contribution in [1.82, 2.24) is 10.9 Å². The smallest absolute Gasteiger partial charge is 0.349 e. The number of methoxy groups -OCH3 is 1. The highest BCUT2D eigenvalue weighted by molar-refractivity contribution is 6.00. The van der Waals surface area contributed by atoms with Crippen LogP contribution in [0, 0.1) is 0 Å². The molecule has 8 nitrogen and oxygen atoms in total. The number of fused-ring (bicyclic) bond motifs is 1. The summed E-state index contributed by atoms with van der Waals surface area (Å²) in [4.78, 5) is 36.6. The zero-order valence-corrected chi connectivity index (χ0v) is 15.3. The number of carbonyl (C=O) groups excluding carboxylic acids is 2. The van der Waals surface area contributed by atoms with Crippen LogP contribution in [0.3, 0.4) is 0 Å². The Hall–Kier alpha value is -3.81. The quantitative estimate of drug-likeness (QED) is 0.518. The van der Waals surface area contributed by atoms with E-state index in [0.29, 0.717) is 29.1 Å². The van der Waals surface area contributed by atoms with Gasteiger partial charge in [-0.1, -0.05) is 18.2 Å². The van der Waals surface area contributed by atoms with Crippen molar-refractivity contribution >= 4 is 22.8 Å². The summed E-state index contributed by atoms with van der Waals surface area (Å²) < 4.78 is 15.7. The first-order valence-electron chi connectivity index (χ1n) is 8.48. The first kappa shape index (κ1) is 19.0. The van der Waals surface area contributed by atoms with Crippen LogP contribution in [0.2, 0.25) is 0 Å². The van der Waals surface area contributed by atoms with E-state index in [1.807, 2.05) is 6.92 Å². The molecule has 1 aromatic heterocycles. The lowest BCUT2D eigenvalue weighted by molar-refractivity contribution is 0.0844. The minimum Gasteiger partial charge on any atom is -0.493 e. The van der Waals surface area contributed by atoms with Gasteiger partial charge in [-0.05, 0) is 37.3 Å². The van der Waals surface area contributed by atoms with Crippen molar-refractivity contribution < 1.29 is 23.5 Å². The molecule has 144 valence electrons. The van der Waals surface area contributed by atoms with Crippen molar-refractivity contribution in [2.24, 2.45) is 0 Å². The molecule has 2 N–H and O–H groups in total. The Balaban J connectivity index is 1.73. The predicted molar refractivity (Wildman–Crippen MR) is 102 cm³/mol. The van der Waals surface area contributed by atoms with Crippen LogP contribution in [-0.2, 0) is 0 Å². The zero-order valence-electron chi connectivity index (χ0n) is 15.3. The average molecular weight is 382 g/mol. The maximum absolute atomic E-state index is 12.3. The van der Waals surface area contributed by atoms with E-state index >= 15 is 0 Å². The van der Waals surface area contributed by atoms with Crippen LogP contribution >= 0.6 is 0 Å². The van der Waals surface area contributed by atoms with Gasteiger partial charge >= 0.3 is 5.63 Å². The fraction of sp³-hybridized carbons (Fsp3) is 0.150. The number of amides is 2. The van der Waals surface area contributed by atoms with Gasteiger partial charge in [-0.25, -0.2) is 4.79 Å². The lowest BCUT2D eigenvalue weighted by Gasteiger charge is -2.11.